The van der Waals surface area contributed by atoms with E-state index in [1.165, 1.54) is 0 Å². The Hall–Kier alpha value is -2.54. The zero-order valence-corrected chi connectivity index (χ0v) is 15.6. The van der Waals surface area contributed by atoms with Crippen LogP contribution >= 0.6 is 11.6 Å². The number of halogens is 1. The lowest BCUT2D eigenvalue weighted by molar-refractivity contribution is -0.126. The minimum atomic E-state index is -0.778. The first-order chi connectivity index (χ1) is 12.4. The van der Waals surface area contributed by atoms with Crippen LogP contribution in [0.4, 0.5) is 5.82 Å². The summed E-state index contributed by atoms with van der Waals surface area (Å²) in [6, 6.07) is 8.68. The number of amides is 2. The van der Waals surface area contributed by atoms with E-state index < -0.39 is 5.54 Å². The van der Waals surface area contributed by atoms with E-state index in [0.717, 1.165) is 0 Å². The van der Waals surface area contributed by atoms with E-state index in [0.29, 0.717) is 42.3 Å². The van der Waals surface area contributed by atoms with Gasteiger partial charge in [0.2, 0.25) is 5.91 Å². The molecule has 0 spiro atoms. The van der Waals surface area contributed by atoms with Crippen LogP contribution in [0.2, 0.25) is 5.02 Å². The molecule has 1 saturated heterocycles. The van der Waals surface area contributed by atoms with E-state index in [1.807, 2.05) is 19.3 Å². The highest BCUT2D eigenvalue weighted by molar-refractivity contribution is 6.30. The van der Waals surface area contributed by atoms with Crippen LogP contribution in [-0.2, 0) is 11.8 Å². The fourth-order valence-electron chi connectivity index (χ4n) is 3.24. The fourth-order valence-corrected chi connectivity index (χ4v) is 3.37. The largest absolute Gasteiger partial charge is 0.357 e. The van der Waals surface area contributed by atoms with Gasteiger partial charge in [-0.25, -0.2) is 0 Å². The number of hydrogen-bond acceptors (Lipinski definition) is 4. The van der Waals surface area contributed by atoms with Crippen molar-refractivity contribution < 1.29 is 9.59 Å². The van der Waals surface area contributed by atoms with Crippen molar-refractivity contribution in [1.82, 2.24) is 20.0 Å². The standard InChI is InChI=1S/C18H22ClN5O2/c1-20-17(26)18(21-15-7-10-23(2)22-15)8-11-24(12-9-18)16(25)13-3-5-14(19)6-4-13/h3-7,10H,8-9,11-12H2,1-2H3,(H,20,26)(H,21,22). The molecule has 1 aliphatic heterocycles. The molecule has 1 aliphatic rings. The minimum absolute atomic E-state index is 0.0509. The van der Waals surface area contributed by atoms with Gasteiger partial charge in [0.1, 0.15) is 11.4 Å². The number of hydrogen-bond donors (Lipinski definition) is 2. The number of nitrogens with zero attached hydrogens (tertiary/aromatic N) is 3. The molecule has 0 bridgehead atoms. The van der Waals surface area contributed by atoms with Gasteiger partial charge in [0.15, 0.2) is 0 Å². The van der Waals surface area contributed by atoms with Crippen LogP contribution < -0.4 is 10.6 Å². The predicted molar refractivity (Wildman–Crippen MR) is 100 cm³/mol. The SMILES string of the molecule is CNC(=O)C1(Nc2ccn(C)n2)CCN(C(=O)c2ccc(Cl)cc2)CC1. The predicted octanol–water partition coefficient (Wildman–Crippen LogP) is 1.91. The number of aryl methyl sites for hydroxylation is 1. The molecule has 0 aliphatic carbocycles. The van der Waals surface area contributed by atoms with Crippen molar-refractivity contribution in [2.75, 3.05) is 25.5 Å². The van der Waals surface area contributed by atoms with Crippen molar-refractivity contribution in [1.29, 1.82) is 0 Å². The van der Waals surface area contributed by atoms with Crippen molar-refractivity contribution in [2.45, 2.75) is 18.4 Å². The van der Waals surface area contributed by atoms with Gasteiger partial charge in [0, 0.05) is 50.0 Å². The molecule has 0 saturated carbocycles. The van der Waals surface area contributed by atoms with Crippen LogP contribution in [0.5, 0.6) is 0 Å². The number of rotatable bonds is 4. The maximum absolute atomic E-state index is 12.7. The van der Waals surface area contributed by atoms with E-state index in [1.54, 1.807) is 40.9 Å². The third-order valence-corrected chi connectivity index (χ3v) is 4.99. The van der Waals surface area contributed by atoms with Crippen molar-refractivity contribution in [3.63, 3.8) is 0 Å². The molecule has 0 atom stereocenters. The van der Waals surface area contributed by atoms with Gasteiger partial charge in [-0.15, -0.1) is 0 Å². The number of aromatic nitrogens is 2. The Kier molecular flexibility index (Phi) is 5.18. The summed E-state index contributed by atoms with van der Waals surface area (Å²) >= 11 is 5.88. The number of anilines is 1. The zero-order valence-electron chi connectivity index (χ0n) is 14.8. The number of carbonyl (C=O) groups is 2. The Morgan fingerprint density at radius 3 is 2.35 bits per heavy atom. The molecular formula is C18H22ClN5O2. The van der Waals surface area contributed by atoms with Crippen LogP contribution in [0.3, 0.4) is 0 Å². The van der Waals surface area contributed by atoms with E-state index in [4.69, 9.17) is 11.6 Å². The number of nitrogens with one attached hydrogen (secondary N) is 2. The van der Waals surface area contributed by atoms with Gasteiger partial charge in [-0.2, -0.15) is 5.10 Å². The second-order valence-electron chi connectivity index (χ2n) is 6.46. The quantitative estimate of drug-likeness (QED) is 0.855. The highest BCUT2D eigenvalue weighted by Crippen LogP contribution is 2.28. The first kappa shape index (κ1) is 18.3. The first-order valence-corrected chi connectivity index (χ1v) is 8.86. The maximum atomic E-state index is 12.7. The molecule has 138 valence electrons. The summed E-state index contributed by atoms with van der Waals surface area (Å²) in [5, 5.41) is 10.9. The Morgan fingerprint density at radius 1 is 1.15 bits per heavy atom. The van der Waals surface area contributed by atoms with Crippen molar-refractivity contribution in [3.05, 3.63) is 47.1 Å². The Labute approximate surface area is 157 Å². The highest BCUT2D eigenvalue weighted by Gasteiger charge is 2.42. The fraction of sp³-hybridized carbons (Fsp3) is 0.389. The third kappa shape index (κ3) is 3.67. The van der Waals surface area contributed by atoms with Gasteiger partial charge in [-0.3, -0.25) is 14.3 Å². The normalized spacial score (nSPS) is 16.2. The van der Waals surface area contributed by atoms with Gasteiger partial charge in [-0.05, 0) is 37.1 Å². The molecule has 0 radical (unpaired) electrons. The van der Waals surface area contributed by atoms with Gasteiger partial charge in [0.05, 0.1) is 0 Å². The zero-order chi connectivity index (χ0) is 18.7. The van der Waals surface area contributed by atoms with Crippen molar-refractivity contribution in [3.8, 4) is 0 Å². The molecule has 1 aromatic carbocycles. The Morgan fingerprint density at radius 2 is 1.81 bits per heavy atom. The lowest BCUT2D eigenvalue weighted by Crippen LogP contribution is -2.58. The van der Waals surface area contributed by atoms with Gasteiger partial charge >= 0.3 is 0 Å². The molecule has 2 aromatic rings. The summed E-state index contributed by atoms with van der Waals surface area (Å²) in [6.07, 6.45) is 2.82. The average molecular weight is 376 g/mol. The molecule has 0 unspecified atom stereocenters. The van der Waals surface area contributed by atoms with Crippen LogP contribution in [0.15, 0.2) is 36.5 Å². The molecular weight excluding hydrogens is 354 g/mol. The lowest BCUT2D eigenvalue weighted by Gasteiger charge is -2.41. The molecule has 8 heteroatoms. The summed E-state index contributed by atoms with van der Waals surface area (Å²) < 4.78 is 1.68. The third-order valence-electron chi connectivity index (χ3n) is 4.74. The van der Waals surface area contributed by atoms with Gasteiger partial charge < -0.3 is 15.5 Å². The number of piperidine rings is 1. The van der Waals surface area contributed by atoms with Gasteiger partial charge in [-0.1, -0.05) is 11.6 Å². The summed E-state index contributed by atoms with van der Waals surface area (Å²) in [5.74, 6) is 0.500. The average Bonchev–Trinajstić information content (AvgIpc) is 3.06. The smallest absolute Gasteiger partial charge is 0.253 e. The molecule has 1 fully saturated rings. The van der Waals surface area contributed by atoms with Crippen LogP contribution in [0, 0.1) is 0 Å². The van der Waals surface area contributed by atoms with Crippen LogP contribution in [-0.4, -0.2) is 52.2 Å². The number of benzene rings is 1. The van der Waals surface area contributed by atoms with E-state index in [-0.39, 0.29) is 11.8 Å². The topological polar surface area (TPSA) is 79.3 Å². The van der Waals surface area contributed by atoms with Crippen molar-refractivity contribution in [2.24, 2.45) is 7.05 Å². The maximum Gasteiger partial charge on any atom is 0.253 e. The second-order valence-corrected chi connectivity index (χ2v) is 6.90. The Bertz CT molecular complexity index is 794. The summed E-state index contributed by atoms with van der Waals surface area (Å²) in [7, 11) is 3.44. The highest BCUT2D eigenvalue weighted by atomic mass is 35.5. The van der Waals surface area contributed by atoms with Crippen LogP contribution in [0.25, 0.3) is 0 Å². The van der Waals surface area contributed by atoms with E-state index in [2.05, 4.69) is 15.7 Å². The van der Waals surface area contributed by atoms with Gasteiger partial charge in [0.25, 0.3) is 5.91 Å². The van der Waals surface area contributed by atoms with E-state index >= 15 is 0 Å². The number of likely N-dealkylation sites (tertiary alicyclic amines) is 1. The summed E-state index contributed by atoms with van der Waals surface area (Å²) in [6.45, 7) is 0.962. The molecule has 3 rings (SSSR count). The number of carbonyl (C=O) groups excluding carboxylic acids is 2. The van der Waals surface area contributed by atoms with Crippen molar-refractivity contribution >= 4 is 29.2 Å². The van der Waals surface area contributed by atoms with Crippen LogP contribution in [0.1, 0.15) is 23.2 Å². The van der Waals surface area contributed by atoms with E-state index in [9.17, 15) is 9.59 Å². The monoisotopic (exact) mass is 375 g/mol. The second kappa shape index (κ2) is 7.37. The molecule has 2 heterocycles. The Balaban J connectivity index is 1.72. The molecule has 26 heavy (non-hydrogen) atoms. The summed E-state index contributed by atoms with van der Waals surface area (Å²) in [4.78, 5) is 27.0. The lowest BCUT2D eigenvalue weighted by atomic mass is 9.86. The summed E-state index contributed by atoms with van der Waals surface area (Å²) in [5.41, 5.74) is -0.181. The molecule has 2 amide bonds. The first-order valence-electron chi connectivity index (χ1n) is 8.48. The molecule has 7 nitrogen and oxygen atoms in total. The molecule has 1 aromatic heterocycles. The molecule has 2 N–H and O–H groups in total. The minimum Gasteiger partial charge on any atom is -0.357 e. The number of likely N-dealkylation sites (N-methyl/N-ethyl adjacent to an activating group) is 1.